The van der Waals surface area contributed by atoms with Crippen molar-refractivity contribution in [3.63, 3.8) is 0 Å². The Bertz CT molecular complexity index is 654. The first-order chi connectivity index (χ1) is 13.1. The van der Waals surface area contributed by atoms with Crippen LogP contribution >= 0.6 is 0 Å². The second-order valence-electron chi connectivity index (χ2n) is 6.61. The van der Waals surface area contributed by atoms with Gasteiger partial charge in [0.15, 0.2) is 0 Å². The smallest absolute Gasteiger partial charge is 0.118 e. The predicted molar refractivity (Wildman–Crippen MR) is 108 cm³/mol. The van der Waals surface area contributed by atoms with Crippen LogP contribution in [0.5, 0.6) is 5.75 Å². The molecule has 146 valence electrons. The summed E-state index contributed by atoms with van der Waals surface area (Å²) in [6, 6.07) is 17.8. The number of hydrogen-bond donors (Lipinski definition) is 1. The molecule has 0 fully saturated rings. The van der Waals surface area contributed by atoms with Crippen LogP contribution in [0.4, 0.5) is 0 Å². The largest absolute Gasteiger partial charge is 0.497 e. The van der Waals surface area contributed by atoms with Gasteiger partial charge in [0.1, 0.15) is 5.75 Å². The van der Waals surface area contributed by atoms with Crippen LogP contribution in [0.1, 0.15) is 30.9 Å². The molecule has 0 heterocycles. The second-order valence-corrected chi connectivity index (χ2v) is 6.61. The van der Waals surface area contributed by atoms with Gasteiger partial charge in [-0.25, -0.2) is 0 Å². The Kier molecular flexibility index (Phi) is 9.05. The molecule has 0 saturated heterocycles. The summed E-state index contributed by atoms with van der Waals surface area (Å²) in [5.74, 6) is 0.816. The van der Waals surface area contributed by atoms with Crippen molar-refractivity contribution >= 4 is 0 Å². The minimum atomic E-state index is -0.494. The lowest BCUT2D eigenvalue weighted by Gasteiger charge is -2.26. The number of benzene rings is 2. The first kappa shape index (κ1) is 21.2. The summed E-state index contributed by atoms with van der Waals surface area (Å²) < 4.78 is 17.3. The molecule has 0 amide bonds. The van der Waals surface area contributed by atoms with Gasteiger partial charge in [-0.15, -0.1) is 6.58 Å². The summed E-state index contributed by atoms with van der Waals surface area (Å²) >= 11 is 0. The van der Waals surface area contributed by atoms with Crippen LogP contribution < -0.4 is 4.74 Å². The monoisotopic (exact) mass is 370 g/mol. The van der Waals surface area contributed by atoms with Gasteiger partial charge in [0, 0.05) is 6.42 Å². The van der Waals surface area contributed by atoms with E-state index in [0.717, 1.165) is 16.9 Å². The van der Waals surface area contributed by atoms with Crippen LogP contribution in [-0.2, 0) is 22.7 Å². The minimum absolute atomic E-state index is 0.150. The average molecular weight is 370 g/mol. The Morgan fingerprint density at radius 1 is 0.963 bits per heavy atom. The molecular formula is C23H30O4. The maximum absolute atomic E-state index is 10.2. The van der Waals surface area contributed by atoms with Gasteiger partial charge in [-0.05, 0) is 36.6 Å². The fourth-order valence-electron chi connectivity index (χ4n) is 2.79. The van der Waals surface area contributed by atoms with Crippen molar-refractivity contribution in [3.05, 3.63) is 78.4 Å². The minimum Gasteiger partial charge on any atom is -0.497 e. The lowest BCUT2D eigenvalue weighted by atomic mass is 10.0. The first-order valence-electron chi connectivity index (χ1n) is 9.31. The summed E-state index contributed by atoms with van der Waals surface area (Å²) in [5, 5.41) is 10.2. The molecule has 2 aromatic rings. The molecule has 2 aromatic carbocycles. The summed E-state index contributed by atoms with van der Waals surface area (Å²) in [5.41, 5.74) is 2.17. The second kappa shape index (κ2) is 11.5. The quantitative estimate of drug-likeness (QED) is 0.558. The predicted octanol–water partition coefficient (Wildman–Crippen LogP) is 4.51. The average Bonchev–Trinajstić information content (AvgIpc) is 2.70. The van der Waals surface area contributed by atoms with E-state index in [1.807, 2.05) is 61.5 Å². The Morgan fingerprint density at radius 3 is 2.22 bits per heavy atom. The van der Waals surface area contributed by atoms with E-state index in [-0.39, 0.29) is 12.2 Å². The molecule has 0 unspecified atom stereocenters. The molecule has 3 atom stereocenters. The zero-order valence-electron chi connectivity index (χ0n) is 16.2. The molecule has 4 heteroatoms. The highest BCUT2D eigenvalue weighted by molar-refractivity contribution is 5.26. The third-order valence-electron chi connectivity index (χ3n) is 4.45. The van der Waals surface area contributed by atoms with Gasteiger partial charge in [-0.1, -0.05) is 48.5 Å². The van der Waals surface area contributed by atoms with E-state index in [2.05, 4.69) is 6.58 Å². The Labute approximate surface area is 162 Å². The SMILES string of the molecule is C=CC[C@H](O)C[C@@H](OCc1ccc(OC)cc1)[C@@H](C)OCc1ccccc1. The van der Waals surface area contributed by atoms with E-state index in [1.54, 1.807) is 13.2 Å². The van der Waals surface area contributed by atoms with Gasteiger partial charge in [0.05, 0.1) is 38.6 Å². The van der Waals surface area contributed by atoms with Gasteiger partial charge in [-0.2, -0.15) is 0 Å². The third-order valence-corrected chi connectivity index (χ3v) is 4.45. The molecule has 0 spiro atoms. The van der Waals surface area contributed by atoms with Crippen molar-refractivity contribution in [2.45, 2.75) is 51.3 Å². The molecule has 0 bridgehead atoms. The van der Waals surface area contributed by atoms with E-state index >= 15 is 0 Å². The summed E-state index contributed by atoms with van der Waals surface area (Å²) in [4.78, 5) is 0. The van der Waals surface area contributed by atoms with E-state index < -0.39 is 6.10 Å². The van der Waals surface area contributed by atoms with Crippen LogP contribution in [0.2, 0.25) is 0 Å². The molecular weight excluding hydrogens is 340 g/mol. The maximum atomic E-state index is 10.2. The van der Waals surface area contributed by atoms with Crippen molar-refractivity contribution in [1.29, 1.82) is 0 Å². The topological polar surface area (TPSA) is 47.9 Å². The van der Waals surface area contributed by atoms with Gasteiger partial charge in [-0.3, -0.25) is 0 Å². The highest BCUT2D eigenvalue weighted by Gasteiger charge is 2.22. The molecule has 1 N–H and O–H groups in total. The van der Waals surface area contributed by atoms with Gasteiger partial charge >= 0.3 is 0 Å². The van der Waals surface area contributed by atoms with E-state index in [1.165, 1.54) is 0 Å². The van der Waals surface area contributed by atoms with E-state index in [9.17, 15) is 5.11 Å². The molecule has 0 radical (unpaired) electrons. The van der Waals surface area contributed by atoms with Crippen molar-refractivity contribution in [2.24, 2.45) is 0 Å². The molecule has 2 rings (SSSR count). The fraction of sp³-hybridized carbons (Fsp3) is 0.391. The number of aliphatic hydroxyl groups is 1. The molecule has 4 nitrogen and oxygen atoms in total. The summed E-state index contributed by atoms with van der Waals surface area (Å²) in [7, 11) is 1.65. The highest BCUT2D eigenvalue weighted by Crippen LogP contribution is 2.18. The van der Waals surface area contributed by atoms with Crippen LogP contribution in [0, 0.1) is 0 Å². The number of hydrogen-bond acceptors (Lipinski definition) is 4. The third kappa shape index (κ3) is 7.55. The lowest BCUT2D eigenvalue weighted by molar-refractivity contribution is -0.0927. The number of aliphatic hydroxyl groups excluding tert-OH is 1. The van der Waals surface area contributed by atoms with E-state index in [0.29, 0.717) is 26.1 Å². The number of rotatable bonds is 12. The van der Waals surface area contributed by atoms with Gasteiger partial charge in [0.25, 0.3) is 0 Å². The fourth-order valence-corrected chi connectivity index (χ4v) is 2.79. The Hall–Kier alpha value is -2.14. The Balaban J connectivity index is 1.94. The molecule has 0 aromatic heterocycles. The highest BCUT2D eigenvalue weighted by atomic mass is 16.5. The van der Waals surface area contributed by atoms with Crippen LogP contribution in [0.15, 0.2) is 67.3 Å². The molecule has 0 saturated carbocycles. The van der Waals surface area contributed by atoms with Crippen LogP contribution in [0.25, 0.3) is 0 Å². The lowest BCUT2D eigenvalue weighted by Crippen LogP contribution is -2.32. The first-order valence-corrected chi connectivity index (χ1v) is 9.31. The number of methoxy groups -OCH3 is 1. The molecule has 27 heavy (non-hydrogen) atoms. The zero-order chi connectivity index (χ0) is 19.5. The van der Waals surface area contributed by atoms with Gasteiger partial charge < -0.3 is 19.3 Å². The van der Waals surface area contributed by atoms with E-state index in [4.69, 9.17) is 14.2 Å². The molecule has 0 aliphatic rings. The summed E-state index contributed by atoms with van der Waals surface area (Å²) in [6.07, 6.45) is 1.90. The summed E-state index contributed by atoms with van der Waals surface area (Å²) in [6.45, 7) is 6.65. The van der Waals surface area contributed by atoms with Crippen LogP contribution in [-0.4, -0.2) is 30.5 Å². The maximum Gasteiger partial charge on any atom is 0.118 e. The van der Waals surface area contributed by atoms with Crippen molar-refractivity contribution in [1.82, 2.24) is 0 Å². The van der Waals surface area contributed by atoms with Crippen molar-refractivity contribution in [2.75, 3.05) is 7.11 Å². The number of ether oxygens (including phenoxy) is 3. The van der Waals surface area contributed by atoms with Crippen molar-refractivity contribution in [3.8, 4) is 5.75 Å². The van der Waals surface area contributed by atoms with Crippen LogP contribution in [0.3, 0.4) is 0 Å². The molecule has 0 aliphatic heterocycles. The van der Waals surface area contributed by atoms with Crippen molar-refractivity contribution < 1.29 is 19.3 Å². The van der Waals surface area contributed by atoms with Gasteiger partial charge in [0.2, 0.25) is 0 Å². The standard InChI is InChI=1S/C23H30O4/c1-4-8-21(24)15-23(18(2)26-16-19-9-6-5-7-10-19)27-17-20-11-13-22(25-3)14-12-20/h4-7,9-14,18,21,23-24H,1,8,15-17H2,2-3H3/t18-,21+,23-/m1/s1. The normalized spacial score (nSPS) is 14.3. The molecule has 0 aliphatic carbocycles. The zero-order valence-corrected chi connectivity index (χ0v) is 16.2. The Morgan fingerprint density at radius 2 is 1.59 bits per heavy atom.